The molecule has 184 valence electrons. The van der Waals surface area contributed by atoms with Gasteiger partial charge in [-0.15, -0.1) is 12.4 Å². The summed E-state index contributed by atoms with van der Waals surface area (Å²) in [5, 5.41) is 5.90. The maximum atomic E-state index is 12.9. The van der Waals surface area contributed by atoms with Gasteiger partial charge < -0.3 is 5.32 Å². The van der Waals surface area contributed by atoms with E-state index in [-0.39, 0.29) is 35.4 Å². The van der Waals surface area contributed by atoms with Gasteiger partial charge in [-0.25, -0.2) is 13.1 Å². The smallest absolute Gasteiger partial charge is 0.306 e. The van der Waals surface area contributed by atoms with Gasteiger partial charge in [-0.1, -0.05) is 55.3 Å². The summed E-state index contributed by atoms with van der Waals surface area (Å²) in [5.41, 5.74) is 0.269. The summed E-state index contributed by atoms with van der Waals surface area (Å²) in [7, 11) is -3.95. The van der Waals surface area contributed by atoms with Gasteiger partial charge in [-0.05, 0) is 60.4 Å². The van der Waals surface area contributed by atoms with Crippen molar-refractivity contribution in [2.24, 2.45) is 0 Å². The second kappa shape index (κ2) is 10.6. The molecule has 1 aliphatic carbocycles. The molecule has 4 rings (SSSR count). The number of halogens is 4. The second-order valence-corrected chi connectivity index (χ2v) is 10.3. The number of sulfonamides is 1. The lowest BCUT2D eigenvalue weighted by Gasteiger charge is -2.35. The van der Waals surface area contributed by atoms with Crippen LogP contribution in [0.4, 0.5) is 13.2 Å². The molecular weight excluding hydrogens is 485 g/mol. The fourth-order valence-corrected chi connectivity index (χ4v) is 5.91. The van der Waals surface area contributed by atoms with E-state index < -0.39 is 21.8 Å². The van der Waals surface area contributed by atoms with Gasteiger partial charge in [0.1, 0.15) is 0 Å². The molecule has 2 unspecified atom stereocenters. The maximum Gasteiger partial charge on any atom is 0.416 e. The first-order valence-electron chi connectivity index (χ1n) is 11.1. The molecule has 0 bridgehead atoms. The van der Waals surface area contributed by atoms with Gasteiger partial charge in [0.2, 0.25) is 10.0 Å². The van der Waals surface area contributed by atoms with E-state index in [0.29, 0.717) is 6.42 Å². The molecule has 9 heteroatoms. The van der Waals surface area contributed by atoms with Crippen LogP contribution in [0.3, 0.4) is 0 Å². The topological polar surface area (TPSA) is 58.2 Å². The van der Waals surface area contributed by atoms with Crippen LogP contribution in [0.2, 0.25) is 0 Å². The van der Waals surface area contributed by atoms with Crippen molar-refractivity contribution < 1.29 is 21.6 Å². The Balaban J connectivity index is 0.00000324. The molecule has 0 spiro atoms. The molecule has 0 radical (unpaired) electrons. The Kier molecular flexibility index (Phi) is 8.29. The summed E-state index contributed by atoms with van der Waals surface area (Å²) in [6.07, 6.45) is -1.15. The van der Waals surface area contributed by atoms with Crippen LogP contribution < -0.4 is 10.0 Å². The Morgan fingerprint density at radius 2 is 1.50 bits per heavy atom. The molecule has 0 heterocycles. The molecule has 2 N–H and O–H groups in total. The third-order valence-electron chi connectivity index (χ3n) is 6.32. The van der Waals surface area contributed by atoms with Crippen LogP contribution in [0.1, 0.15) is 49.8 Å². The number of hydrogen-bond acceptors (Lipinski definition) is 3. The first-order valence-corrected chi connectivity index (χ1v) is 12.6. The molecule has 1 saturated carbocycles. The fourth-order valence-electron chi connectivity index (χ4n) is 4.60. The minimum absolute atomic E-state index is 0. The summed E-state index contributed by atoms with van der Waals surface area (Å²) in [6.45, 7) is 2.07. The number of rotatable bonds is 6. The minimum Gasteiger partial charge on any atom is -0.306 e. The standard InChI is InChI=1S/C25H27F3N2O2S.ClH/c1-17(21-10-6-8-18-7-2-3-9-22(18)21)29-23-11-4-5-12-24(23)30-33(31,32)20-15-13-19(14-16-20)25(26,27)28;/h2-3,6-10,13-17,23-24,29-30H,4-5,11-12H2,1H3;1H/t17?,23-,24?;/m0./s1. The Labute approximate surface area is 204 Å². The van der Waals surface area contributed by atoms with Crippen molar-refractivity contribution in [1.82, 2.24) is 10.0 Å². The first kappa shape index (κ1) is 26.5. The lowest BCUT2D eigenvalue weighted by molar-refractivity contribution is -0.137. The maximum absolute atomic E-state index is 12.9. The summed E-state index contributed by atoms with van der Waals surface area (Å²) < 4.78 is 67.1. The van der Waals surface area contributed by atoms with E-state index >= 15 is 0 Å². The zero-order chi connectivity index (χ0) is 23.6. The molecule has 3 aromatic carbocycles. The molecule has 1 aliphatic rings. The van der Waals surface area contributed by atoms with Crippen molar-refractivity contribution in [3.8, 4) is 0 Å². The van der Waals surface area contributed by atoms with Gasteiger partial charge in [-0.2, -0.15) is 13.2 Å². The van der Waals surface area contributed by atoms with Crippen LogP contribution in [0.5, 0.6) is 0 Å². The van der Waals surface area contributed by atoms with Gasteiger partial charge >= 0.3 is 6.18 Å². The molecule has 4 nitrogen and oxygen atoms in total. The van der Waals surface area contributed by atoms with Crippen LogP contribution >= 0.6 is 12.4 Å². The Morgan fingerprint density at radius 3 is 2.18 bits per heavy atom. The third kappa shape index (κ3) is 5.92. The highest BCUT2D eigenvalue weighted by atomic mass is 35.5. The Bertz CT molecular complexity index is 1210. The number of fused-ring (bicyclic) bond motifs is 1. The fraction of sp³-hybridized carbons (Fsp3) is 0.360. The van der Waals surface area contributed by atoms with Crippen molar-refractivity contribution in [2.45, 2.75) is 61.8 Å². The van der Waals surface area contributed by atoms with Crippen LogP contribution in [0.15, 0.2) is 71.6 Å². The number of nitrogens with one attached hydrogen (secondary N) is 2. The lowest BCUT2D eigenvalue weighted by Crippen LogP contribution is -2.52. The highest BCUT2D eigenvalue weighted by Gasteiger charge is 2.33. The van der Waals surface area contributed by atoms with Crippen molar-refractivity contribution in [2.75, 3.05) is 0 Å². The third-order valence-corrected chi connectivity index (χ3v) is 7.82. The Hall–Kier alpha value is -2.13. The molecule has 1 fully saturated rings. The molecule has 0 amide bonds. The van der Waals surface area contributed by atoms with Gasteiger partial charge in [0.15, 0.2) is 0 Å². The van der Waals surface area contributed by atoms with E-state index in [2.05, 4.69) is 41.2 Å². The zero-order valence-corrected chi connectivity index (χ0v) is 20.3. The van der Waals surface area contributed by atoms with Gasteiger partial charge in [0.25, 0.3) is 0 Å². The van der Waals surface area contributed by atoms with Crippen molar-refractivity contribution in [1.29, 1.82) is 0 Å². The van der Waals surface area contributed by atoms with Gasteiger partial charge in [0, 0.05) is 18.1 Å². The van der Waals surface area contributed by atoms with E-state index in [9.17, 15) is 21.6 Å². The number of hydrogen-bond donors (Lipinski definition) is 2. The predicted octanol–water partition coefficient (Wildman–Crippen LogP) is 6.22. The Morgan fingerprint density at radius 1 is 0.882 bits per heavy atom. The predicted molar refractivity (Wildman–Crippen MR) is 131 cm³/mol. The largest absolute Gasteiger partial charge is 0.416 e. The van der Waals surface area contributed by atoms with E-state index in [1.165, 1.54) is 0 Å². The molecule has 0 aromatic heterocycles. The lowest BCUT2D eigenvalue weighted by atomic mass is 9.89. The first-order chi connectivity index (χ1) is 15.6. The molecule has 0 saturated heterocycles. The SMILES string of the molecule is CC(N[C@H]1CCCCC1NS(=O)(=O)c1ccc(C(F)(F)F)cc1)c1cccc2ccccc12.Cl. The number of alkyl halides is 3. The van der Waals surface area contributed by atoms with Crippen LogP contribution in [0.25, 0.3) is 10.8 Å². The van der Waals surface area contributed by atoms with Crippen molar-refractivity contribution in [3.05, 3.63) is 77.9 Å². The van der Waals surface area contributed by atoms with Gasteiger partial charge in [0.05, 0.1) is 10.5 Å². The van der Waals surface area contributed by atoms with Crippen LogP contribution in [0, 0.1) is 0 Å². The highest BCUT2D eigenvalue weighted by Crippen LogP contribution is 2.31. The number of benzene rings is 3. The average molecular weight is 513 g/mol. The van der Waals surface area contributed by atoms with E-state index in [1.807, 2.05) is 18.2 Å². The summed E-state index contributed by atoms with van der Waals surface area (Å²) in [4.78, 5) is -0.165. The quantitative estimate of drug-likeness (QED) is 0.412. The van der Waals surface area contributed by atoms with Crippen molar-refractivity contribution in [3.63, 3.8) is 0 Å². The highest BCUT2D eigenvalue weighted by molar-refractivity contribution is 7.89. The summed E-state index contributed by atoms with van der Waals surface area (Å²) in [6, 6.07) is 17.5. The molecule has 3 atom stereocenters. The molecule has 0 aliphatic heterocycles. The van der Waals surface area contributed by atoms with E-state index in [4.69, 9.17) is 0 Å². The monoisotopic (exact) mass is 512 g/mol. The van der Waals surface area contributed by atoms with Crippen LogP contribution in [-0.2, 0) is 16.2 Å². The van der Waals surface area contributed by atoms with Crippen molar-refractivity contribution >= 4 is 33.2 Å². The zero-order valence-electron chi connectivity index (χ0n) is 18.7. The minimum atomic E-state index is -4.51. The molecular formula is C25H28ClF3N2O2S. The molecule has 34 heavy (non-hydrogen) atoms. The van der Waals surface area contributed by atoms with E-state index in [0.717, 1.165) is 59.9 Å². The molecule has 3 aromatic rings. The average Bonchev–Trinajstić information content (AvgIpc) is 2.79. The van der Waals surface area contributed by atoms with Crippen LogP contribution in [-0.4, -0.2) is 20.5 Å². The van der Waals surface area contributed by atoms with E-state index in [1.54, 1.807) is 0 Å². The second-order valence-electron chi connectivity index (χ2n) is 8.60. The summed E-state index contributed by atoms with van der Waals surface area (Å²) >= 11 is 0. The van der Waals surface area contributed by atoms with Gasteiger partial charge in [-0.3, -0.25) is 0 Å². The summed E-state index contributed by atoms with van der Waals surface area (Å²) in [5.74, 6) is 0. The normalized spacial score (nSPS) is 20.0.